The summed E-state index contributed by atoms with van der Waals surface area (Å²) in [5, 5.41) is 13.1. The van der Waals surface area contributed by atoms with Crippen molar-refractivity contribution in [3.8, 4) is 16.3 Å². The SMILES string of the molecule is CNc1ncc(-c2nc3ccc(O)cc3s2)cn1. The summed E-state index contributed by atoms with van der Waals surface area (Å²) in [4.78, 5) is 12.8. The molecule has 18 heavy (non-hydrogen) atoms. The van der Waals surface area contributed by atoms with Crippen LogP contribution in [0.15, 0.2) is 30.6 Å². The van der Waals surface area contributed by atoms with E-state index in [1.165, 1.54) is 11.3 Å². The maximum Gasteiger partial charge on any atom is 0.222 e. The molecule has 2 N–H and O–H groups in total. The Bertz CT molecular complexity index is 693. The molecule has 90 valence electrons. The van der Waals surface area contributed by atoms with Gasteiger partial charge in [0.2, 0.25) is 5.95 Å². The summed E-state index contributed by atoms with van der Waals surface area (Å²) < 4.78 is 0.947. The lowest BCUT2D eigenvalue weighted by Gasteiger charge is -1.97. The molecular formula is C12H10N4OS. The van der Waals surface area contributed by atoms with Gasteiger partial charge in [-0.05, 0) is 18.2 Å². The van der Waals surface area contributed by atoms with Gasteiger partial charge in [-0.2, -0.15) is 0 Å². The van der Waals surface area contributed by atoms with Gasteiger partial charge < -0.3 is 10.4 Å². The predicted molar refractivity (Wildman–Crippen MR) is 71.9 cm³/mol. The van der Waals surface area contributed by atoms with Gasteiger partial charge in [-0.25, -0.2) is 15.0 Å². The molecule has 0 aliphatic rings. The lowest BCUT2D eigenvalue weighted by molar-refractivity contribution is 0.476. The fourth-order valence-corrected chi connectivity index (χ4v) is 2.58. The largest absolute Gasteiger partial charge is 0.508 e. The third-order valence-electron chi connectivity index (χ3n) is 2.49. The number of hydrogen-bond donors (Lipinski definition) is 2. The van der Waals surface area contributed by atoms with E-state index in [0.717, 1.165) is 20.8 Å². The Morgan fingerprint density at radius 2 is 2.00 bits per heavy atom. The van der Waals surface area contributed by atoms with Crippen molar-refractivity contribution in [3.05, 3.63) is 30.6 Å². The zero-order valence-electron chi connectivity index (χ0n) is 9.58. The molecule has 0 saturated heterocycles. The Balaban J connectivity index is 2.07. The van der Waals surface area contributed by atoms with Gasteiger partial charge in [0, 0.05) is 25.0 Å². The van der Waals surface area contributed by atoms with Crippen LogP contribution in [-0.2, 0) is 0 Å². The van der Waals surface area contributed by atoms with Crippen LogP contribution in [0.1, 0.15) is 0 Å². The first-order chi connectivity index (χ1) is 8.76. The molecule has 3 aromatic rings. The van der Waals surface area contributed by atoms with Gasteiger partial charge in [-0.15, -0.1) is 11.3 Å². The normalized spacial score (nSPS) is 10.7. The second-order valence-corrected chi connectivity index (χ2v) is 4.75. The number of anilines is 1. The predicted octanol–water partition coefficient (Wildman–Crippen LogP) is 2.50. The molecule has 0 aliphatic carbocycles. The van der Waals surface area contributed by atoms with E-state index in [2.05, 4.69) is 20.3 Å². The highest BCUT2D eigenvalue weighted by atomic mass is 32.1. The second-order valence-electron chi connectivity index (χ2n) is 3.72. The Kier molecular flexibility index (Phi) is 2.56. The standard InChI is InChI=1S/C12H10N4OS/c1-13-12-14-5-7(6-15-12)11-16-9-3-2-8(17)4-10(9)18-11/h2-6,17H,1H3,(H,13,14,15). The van der Waals surface area contributed by atoms with Crippen molar-refractivity contribution >= 4 is 27.5 Å². The van der Waals surface area contributed by atoms with Crippen molar-refractivity contribution < 1.29 is 5.11 Å². The minimum Gasteiger partial charge on any atom is -0.508 e. The minimum absolute atomic E-state index is 0.250. The zero-order chi connectivity index (χ0) is 12.5. The summed E-state index contributed by atoms with van der Waals surface area (Å²) in [5.74, 6) is 0.831. The van der Waals surface area contributed by atoms with Crippen molar-refractivity contribution in [2.24, 2.45) is 0 Å². The van der Waals surface area contributed by atoms with Gasteiger partial charge in [0.05, 0.1) is 10.2 Å². The molecule has 0 saturated carbocycles. The van der Waals surface area contributed by atoms with Crippen molar-refractivity contribution in [2.75, 3.05) is 12.4 Å². The number of rotatable bonds is 2. The third-order valence-corrected chi connectivity index (χ3v) is 3.56. The van der Waals surface area contributed by atoms with E-state index >= 15 is 0 Å². The average molecular weight is 258 g/mol. The van der Waals surface area contributed by atoms with Gasteiger partial charge in [-0.1, -0.05) is 0 Å². The van der Waals surface area contributed by atoms with Crippen LogP contribution >= 0.6 is 11.3 Å². The maximum atomic E-state index is 9.42. The number of aromatic nitrogens is 3. The van der Waals surface area contributed by atoms with Crippen LogP contribution in [0.5, 0.6) is 5.75 Å². The number of phenolic OH excluding ortho intramolecular Hbond substituents is 1. The second kappa shape index (κ2) is 4.23. The lowest BCUT2D eigenvalue weighted by atomic mass is 10.3. The summed E-state index contributed by atoms with van der Waals surface area (Å²) >= 11 is 1.51. The number of thiazole rings is 1. The van der Waals surface area contributed by atoms with Crippen LogP contribution < -0.4 is 5.32 Å². The number of phenols is 1. The molecule has 0 radical (unpaired) electrons. The summed E-state index contributed by atoms with van der Waals surface area (Å²) in [5.41, 5.74) is 1.74. The van der Waals surface area contributed by atoms with E-state index in [-0.39, 0.29) is 5.75 Å². The van der Waals surface area contributed by atoms with E-state index in [1.807, 2.05) is 0 Å². The Hall–Kier alpha value is -2.21. The molecule has 0 atom stereocenters. The van der Waals surface area contributed by atoms with E-state index in [0.29, 0.717) is 5.95 Å². The maximum absolute atomic E-state index is 9.42. The Morgan fingerprint density at radius 3 is 2.72 bits per heavy atom. The average Bonchev–Trinajstić information content (AvgIpc) is 2.81. The van der Waals surface area contributed by atoms with Crippen molar-refractivity contribution in [1.82, 2.24) is 15.0 Å². The van der Waals surface area contributed by atoms with Crippen LogP contribution in [0.2, 0.25) is 0 Å². The summed E-state index contributed by atoms with van der Waals surface area (Å²) in [6.45, 7) is 0. The first-order valence-electron chi connectivity index (χ1n) is 5.36. The first-order valence-corrected chi connectivity index (χ1v) is 6.17. The highest BCUT2D eigenvalue weighted by molar-refractivity contribution is 7.21. The molecule has 3 rings (SSSR count). The molecule has 0 amide bonds. The van der Waals surface area contributed by atoms with Crippen LogP contribution in [0.4, 0.5) is 5.95 Å². The van der Waals surface area contributed by atoms with Gasteiger partial charge in [-0.3, -0.25) is 0 Å². The topological polar surface area (TPSA) is 70.9 Å². The smallest absolute Gasteiger partial charge is 0.222 e. The number of hydrogen-bond acceptors (Lipinski definition) is 6. The fourth-order valence-electron chi connectivity index (χ4n) is 1.60. The number of benzene rings is 1. The summed E-state index contributed by atoms with van der Waals surface area (Å²) in [7, 11) is 1.77. The number of nitrogens with one attached hydrogen (secondary N) is 1. The molecule has 0 unspecified atom stereocenters. The van der Waals surface area contributed by atoms with E-state index in [4.69, 9.17) is 0 Å². The first kappa shape index (κ1) is 10.9. The number of nitrogens with zero attached hydrogens (tertiary/aromatic N) is 3. The molecule has 5 nitrogen and oxygen atoms in total. The van der Waals surface area contributed by atoms with E-state index in [9.17, 15) is 5.11 Å². The van der Waals surface area contributed by atoms with Crippen LogP contribution in [0.3, 0.4) is 0 Å². The van der Waals surface area contributed by atoms with Crippen molar-refractivity contribution in [2.45, 2.75) is 0 Å². The summed E-state index contributed by atoms with van der Waals surface area (Å²) in [6, 6.07) is 5.14. The zero-order valence-corrected chi connectivity index (χ0v) is 10.4. The Labute approximate surface area is 107 Å². The van der Waals surface area contributed by atoms with Crippen molar-refractivity contribution in [3.63, 3.8) is 0 Å². The molecule has 0 bridgehead atoms. The number of aromatic hydroxyl groups is 1. The van der Waals surface area contributed by atoms with Crippen molar-refractivity contribution in [1.29, 1.82) is 0 Å². The quantitative estimate of drug-likeness (QED) is 0.739. The lowest BCUT2D eigenvalue weighted by Crippen LogP contribution is -1.95. The van der Waals surface area contributed by atoms with Crippen LogP contribution in [-0.4, -0.2) is 27.1 Å². The highest BCUT2D eigenvalue weighted by Crippen LogP contribution is 2.31. The van der Waals surface area contributed by atoms with E-state index in [1.54, 1.807) is 37.6 Å². The van der Waals surface area contributed by atoms with Crippen LogP contribution in [0, 0.1) is 0 Å². The molecule has 2 aromatic heterocycles. The van der Waals surface area contributed by atoms with Crippen LogP contribution in [0.25, 0.3) is 20.8 Å². The minimum atomic E-state index is 0.250. The summed E-state index contributed by atoms with van der Waals surface area (Å²) in [6.07, 6.45) is 3.47. The Morgan fingerprint density at radius 1 is 1.22 bits per heavy atom. The van der Waals surface area contributed by atoms with E-state index < -0.39 is 0 Å². The van der Waals surface area contributed by atoms with Gasteiger partial charge in [0.1, 0.15) is 10.8 Å². The third kappa shape index (κ3) is 1.86. The molecule has 1 aromatic carbocycles. The molecule has 6 heteroatoms. The van der Waals surface area contributed by atoms with Gasteiger partial charge >= 0.3 is 0 Å². The van der Waals surface area contributed by atoms with Gasteiger partial charge in [0.25, 0.3) is 0 Å². The van der Waals surface area contributed by atoms with Gasteiger partial charge in [0.15, 0.2) is 0 Å². The molecular weight excluding hydrogens is 248 g/mol. The molecule has 2 heterocycles. The monoisotopic (exact) mass is 258 g/mol. The fraction of sp³-hybridized carbons (Fsp3) is 0.0833. The molecule has 0 fully saturated rings. The highest BCUT2D eigenvalue weighted by Gasteiger charge is 2.07. The molecule has 0 spiro atoms. The number of fused-ring (bicyclic) bond motifs is 1. The molecule has 0 aliphatic heterocycles.